The molecule has 1 rings (SSSR count). The molecule has 0 bridgehead atoms. The van der Waals surface area contributed by atoms with E-state index in [-0.39, 0.29) is 0 Å². The van der Waals surface area contributed by atoms with Gasteiger partial charge in [-0.2, -0.15) is 0 Å². The maximum absolute atomic E-state index is 2.34. The Hall–Kier alpha value is -0.260. The maximum Gasteiger partial charge on any atom is 0.00858 e. The highest BCUT2D eigenvalue weighted by atomic mass is 14.4. The minimum Gasteiger partial charge on any atom is -0.0745 e. The van der Waals surface area contributed by atoms with Crippen LogP contribution in [-0.2, 0) is 0 Å². The van der Waals surface area contributed by atoms with Gasteiger partial charge in [0.25, 0.3) is 0 Å². The van der Waals surface area contributed by atoms with Crippen LogP contribution in [0.15, 0.2) is 11.6 Å². The second kappa shape index (κ2) is 1.37. The summed E-state index contributed by atoms with van der Waals surface area (Å²) < 4.78 is 0. The fourth-order valence-electron chi connectivity index (χ4n) is 1.04. The van der Waals surface area contributed by atoms with Gasteiger partial charge in [0.15, 0.2) is 0 Å². The van der Waals surface area contributed by atoms with Crippen LogP contribution in [0, 0.1) is 11.3 Å². The highest BCUT2D eigenvalue weighted by Crippen LogP contribution is 2.48. The van der Waals surface area contributed by atoms with Gasteiger partial charge >= 0.3 is 0 Å². The van der Waals surface area contributed by atoms with Crippen molar-refractivity contribution >= 4 is 0 Å². The Labute approximate surface area is 51.6 Å². The Morgan fingerprint density at radius 1 is 1.50 bits per heavy atom. The molecule has 1 aliphatic rings. The molecule has 0 aromatic rings. The van der Waals surface area contributed by atoms with Crippen LogP contribution in [0.3, 0.4) is 0 Å². The third kappa shape index (κ3) is 0.594. The minimum atomic E-state index is 0.500. The van der Waals surface area contributed by atoms with Crippen LogP contribution in [0.25, 0.3) is 0 Å². The summed E-state index contributed by atoms with van der Waals surface area (Å²) in [6.07, 6.45) is 2.34. The predicted octanol–water partition coefficient (Wildman–Crippen LogP) is 2.61. The Kier molecular flexibility index (Phi) is 1.00. The van der Waals surface area contributed by atoms with Gasteiger partial charge in [-0.05, 0) is 12.8 Å². The van der Waals surface area contributed by atoms with Crippen molar-refractivity contribution in [1.29, 1.82) is 0 Å². The van der Waals surface area contributed by atoms with Crippen molar-refractivity contribution in [1.82, 2.24) is 0 Å². The van der Waals surface area contributed by atoms with E-state index in [1.54, 1.807) is 5.57 Å². The lowest BCUT2D eigenvalue weighted by Crippen LogP contribution is -2.06. The molecule has 1 atom stereocenters. The normalized spacial score (nSPS) is 35.4. The molecule has 0 amide bonds. The summed E-state index contributed by atoms with van der Waals surface area (Å²) in [5.74, 6) is 0.794. The van der Waals surface area contributed by atoms with E-state index < -0.39 is 0 Å². The molecule has 0 aromatic heterocycles. The summed E-state index contributed by atoms with van der Waals surface area (Å²) in [5.41, 5.74) is 2.06. The number of allylic oxidation sites excluding steroid dienone is 2. The summed E-state index contributed by atoms with van der Waals surface area (Å²) in [6.45, 7) is 9.05. The second-order valence-corrected chi connectivity index (χ2v) is 3.26. The summed E-state index contributed by atoms with van der Waals surface area (Å²) >= 11 is 0. The Morgan fingerprint density at radius 2 is 1.88 bits per heavy atom. The van der Waals surface area contributed by atoms with Gasteiger partial charge in [0.05, 0.1) is 0 Å². The third-order valence-electron chi connectivity index (χ3n) is 2.48. The molecule has 46 valence electrons. The van der Waals surface area contributed by atoms with Gasteiger partial charge in [-0.1, -0.05) is 32.4 Å². The molecule has 0 nitrogen and oxygen atoms in total. The smallest absolute Gasteiger partial charge is 0.00858 e. The maximum atomic E-state index is 2.34. The zero-order valence-corrected chi connectivity index (χ0v) is 6.15. The lowest BCUT2D eigenvalue weighted by Gasteiger charge is -2.14. The average Bonchev–Trinajstić information content (AvgIpc) is 2.17. The van der Waals surface area contributed by atoms with E-state index >= 15 is 0 Å². The van der Waals surface area contributed by atoms with Gasteiger partial charge in [-0.3, -0.25) is 0 Å². The van der Waals surface area contributed by atoms with Crippen LogP contribution in [0.1, 0.15) is 27.7 Å². The molecule has 0 aliphatic heterocycles. The molecule has 0 heterocycles. The van der Waals surface area contributed by atoms with Crippen molar-refractivity contribution in [3.8, 4) is 0 Å². The molecule has 1 unspecified atom stereocenters. The molecule has 0 radical (unpaired) electrons. The molecule has 8 heavy (non-hydrogen) atoms. The highest BCUT2D eigenvalue weighted by molar-refractivity contribution is 5.36. The largest absolute Gasteiger partial charge is 0.0745 e. The highest BCUT2D eigenvalue weighted by Gasteiger charge is 2.38. The van der Waals surface area contributed by atoms with Gasteiger partial charge in [0, 0.05) is 5.41 Å². The van der Waals surface area contributed by atoms with Crippen LogP contribution >= 0.6 is 0 Å². The van der Waals surface area contributed by atoms with Crippen molar-refractivity contribution in [2.75, 3.05) is 0 Å². The zero-order chi connectivity index (χ0) is 6.36. The zero-order valence-electron chi connectivity index (χ0n) is 6.15. The van der Waals surface area contributed by atoms with E-state index in [1.165, 1.54) is 0 Å². The van der Waals surface area contributed by atoms with Gasteiger partial charge < -0.3 is 0 Å². The van der Waals surface area contributed by atoms with Crippen molar-refractivity contribution < 1.29 is 0 Å². The molecule has 0 fully saturated rings. The monoisotopic (exact) mass is 110 g/mol. The number of hydrogen-bond acceptors (Lipinski definition) is 0. The summed E-state index contributed by atoms with van der Waals surface area (Å²) in [6, 6.07) is 0. The lowest BCUT2D eigenvalue weighted by atomic mass is 9.90. The number of rotatable bonds is 1. The van der Waals surface area contributed by atoms with E-state index in [0.717, 1.165) is 5.92 Å². The van der Waals surface area contributed by atoms with E-state index in [1.807, 2.05) is 0 Å². The SMILES string of the molecule is CC1=CC1(C)C(C)C. The van der Waals surface area contributed by atoms with E-state index in [9.17, 15) is 0 Å². The molecule has 0 saturated carbocycles. The number of hydrogen-bond donors (Lipinski definition) is 0. The molecule has 0 aromatic carbocycles. The topological polar surface area (TPSA) is 0 Å². The quantitative estimate of drug-likeness (QED) is 0.455. The summed E-state index contributed by atoms with van der Waals surface area (Å²) in [4.78, 5) is 0. The van der Waals surface area contributed by atoms with Crippen LogP contribution in [0.4, 0.5) is 0 Å². The standard InChI is InChI=1S/C8H14/c1-6(2)8(4)5-7(8)3/h5-6H,1-4H3. The van der Waals surface area contributed by atoms with Crippen LogP contribution in [-0.4, -0.2) is 0 Å². The summed E-state index contributed by atoms with van der Waals surface area (Å²) in [7, 11) is 0. The second-order valence-electron chi connectivity index (χ2n) is 3.26. The van der Waals surface area contributed by atoms with Crippen LogP contribution < -0.4 is 0 Å². The van der Waals surface area contributed by atoms with Gasteiger partial charge in [0.1, 0.15) is 0 Å². The van der Waals surface area contributed by atoms with Crippen molar-refractivity contribution in [3.05, 3.63) is 11.6 Å². The predicted molar refractivity (Wildman–Crippen MR) is 36.7 cm³/mol. The van der Waals surface area contributed by atoms with E-state index in [0.29, 0.717) is 5.41 Å². The molecular weight excluding hydrogens is 96.1 g/mol. The first kappa shape index (κ1) is 5.87. The van der Waals surface area contributed by atoms with E-state index in [2.05, 4.69) is 33.8 Å². The van der Waals surface area contributed by atoms with Crippen LogP contribution in [0.5, 0.6) is 0 Å². The fraction of sp³-hybridized carbons (Fsp3) is 0.750. The Morgan fingerprint density at radius 3 is 1.88 bits per heavy atom. The first-order valence-electron chi connectivity index (χ1n) is 3.27. The van der Waals surface area contributed by atoms with Crippen molar-refractivity contribution in [2.45, 2.75) is 27.7 Å². The fourth-order valence-corrected chi connectivity index (χ4v) is 1.04. The van der Waals surface area contributed by atoms with Crippen LogP contribution in [0.2, 0.25) is 0 Å². The van der Waals surface area contributed by atoms with E-state index in [4.69, 9.17) is 0 Å². The van der Waals surface area contributed by atoms with Crippen molar-refractivity contribution in [3.63, 3.8) is 0 Å². The molecule has 1 aliphatic carbocycles. The first-order chi connectivity index (χ1) is 3.57. The molecular formula is C8H14. The first-order valence-corrected chi connectivity index (χ1v) is 3.27. The third-order valence-corrected chi connectivity index (χ3v) is 2.48. The summed E-state index contributed by atoms with van der Waals surface area (Å²) in [5, 5.41) is 0. The Bertz CT molecular complexity index is 131. The minimum absolute atomic E-state index is 0.500. The average molecular weight is 110 g/mol. The molecule has 0 heteroatoms. The van der Waals surface area contributed by atoms with Gasteiger partial charge in [0.2, 0.25) is 0 Å². The van der Waals surface area contributed by atoms with Gasteiger partial charge in [-0.25, -0.2) is 0 Å². The molecule has 0 spiro atoms. The molecule has 0 saturated heterocycles. The van der Waals surface area contributed by atoms with Crippen molar-refractivity contribution in [2.24, 2.45) is 11.3 Å². The molecule has 0 N–H and O–H groups in total. The van der Waals surface area contributed by atoms with Gasteiger partial charge in [-0.15, -0.1) is 0 Å². The Balaban J connectivity index is 2.51. The lowest BCUT2D eigenvalue weighted by molar-refractivity contribution is 0.427.